The summed E-state index contributed by atoms with van der Waals surface area (Å²) in [5.74, 6) is 0.734. The van der Waals surface area contributed by atoms with E-state index in [0.717, 1.165) is 43.3 Å². The van der Waals surface area contributed by atoms with Crippen molar-refractivity contribution in [2.24, 2.45) is 0 Å². The molecule has 7 heteroatoms. The summed E-state index contributed by atoms with van der Waals surface area (Å²) in [6, 6.07) is 6.61. The predicted octanol–water partition coefficient (Wildman–Crippen LogP) is 3.38. The molecule has 1 aliphatic heterocycles. The summed E-state index contributed by atoms with van der Waals surface area (Å²) in [4.78, 5) is 11.2. The van der Waals surface area contributed by atoms with Crippen LogP contribution in [0.3, 0.4) is 0 Å². The summed E-state index contributed by atoms with van der Waals surface area (Å²) in [5.41, 5.74) is 2.11. The maximum absolute atomic E-state index is 13.0. The van der Waals surface area contributed by atoms with Gasteiger partial charge in [0.15, 0.2) is 0 Å². The molecule has 0 aliphatic carbocycles. The zero-order valence-corrected chi connectivity index (χ0v) is 15.6. The van der Waals surface area contributed by atoms with E-state index in [4.69, 9.17) is 5.26 Å². The third-order valence-electron chi connectivity index (χ3n) is 4.04. The van der Waals surface area contributed by atoms with E-state index < -0.39 is 0 Å². The molecule has 3 rings (SSSR count). The van der Waals surface area contributed by atoms with Crippen molar-refractivity contribution in [3.8, 4) is 6.57 Å². The van der Waals surface area contributed by atoms with Crippen molar-refractivity contribution in [2.45, 2.75) is 12.8 Å². The maximum Gasteiger partial charge on any atom is 0.225 e. The molecule has 0 radical (unpaired) electrons. The smallest absolute Gasteiger partial charge is 0.225 e. The van der Waals surface area contributed by atoms with Gasteiger partial charge in [0, 0.05) is 73.9 Å². The zero-order chi connectivity index (χ0) is 17.5. The summed E-state index contributed by atoms with van der Waals surface area (Å²) in [7, 11) is 0. The Labute approximate surface area is 155 Å². The Balaban J connectivity index is 0.00000100. The minimum atomic E-state index is -0.211. The second-order valence-corrected chi connectivity index (χ2v) is 6.85. The third kappa shape index (κ3) is 4.61. The number of nitriles is 1. The standard InChI is InChI=1S/C16H18FIN4.CHN/c1-12(13-2-4-15(17)5-3-13)14-10-19-16(20-11-14)21-6-8-22(18)9-7-21;1-2/h2-5,10-12H,6-9H2,1H3;1H. The molecule has 0 spiro atoms. The van der Waals surface area contributed by atoms with Crippen molar-refractivity contribution < 1.29 is 4.39 Å². The normalized spacial score (nSPS) is 16.1. The lowest BCUT2D eigenvalue weighted by atomic mass is 9.95. The van der Waals surface area contributed by atoms with Crippen molar-refractivity contribution >= 4 is 28.8 Å². The summed E-state index contributed by atoms with van der Waals surface area (Å²) < 4.78 is 15.3. The summed E-state index contributed by atoms with van der Waals surface area (Å²) in [5, 5.41) is 6.50. The van der Waals surface area contributed by atoms with E-state index in [1.807, 2.05) is 24.5 Å². The molecule has 1 aromatic heterocycles. The number of halogens is 2. The van der Waals surface area contributed by atoms with Gasteiger partial charge >= 0.3 is 0 Å². The Morgan fingerprint density at radius 2 is 1.58 bits per heavy atom. The SMILES string of the molecule is C#N.CC(c1ccc(F)cc1)c1cnc(N2CCN(I)CC2)nc1. The highest BCUT2D eigenvalue weighted by molar-refractivity contribution is 14.1. The number of benzene rings is 1. The molecule has 0 amide bonds. The maximum atomic E-state index is 13.0. The van der Waals surface area contributed by atoms with E-state index in [2.05, 4.69) is 54.3 Å². The van der Waals surface area contributed by atoms with Gasteiger partial charge in [-0.3, -0.25) is 0 Å². The molecule has 24 heavy (non-hydrogen) atoms. The van der Waals surface area contributed by atoms with Crippen LogP contribution in [0.15, 0.2) is 36.7 Å². The van der Waals surface area contributed by atoms with Crippen LogP contribution in [-0.2, 0) is 0 Å². The molecule has 2 aromatic rings. The molecule has 1 aliphatic rings. The van der Waals surface area contributed by atoms with Crippen LogP contribution in [0.4, 0.5) is 10.3 Å². The van der Waals surface area contributed by atoms with Crippen molar-refractivity contribution in [1.29, 1.82) is 5.26 Å². The molecule has 1 saturated heterocycles. The van der Waals surface area contributed by atoms with Gasteiger partial charge < -0.3 is 4.90 Å². The van der Waals surface area contributed by atoms with E-state index >= 15 is 0 Å². The van der Waals surface area contributed by atoms with Crippen LogP contribution >= 0.6 is 22.9 Å². The largest absolute Gasteiger partial charge is 0.338 e. The molecule has 1 unspecified atom stereocenters. The van der Waals surface area contributed by atoms with Crippen LogP contribution in [0.2, 0.25) is 0 Å². The van der Waals surface area contributed by atoms with Crippen LogP contribution in [0.25, 0.3) is 0 Å². The summed E-state index contributed by atoms with van der Waals surface area (Å²) >= 11 is 2.35. The van der Waals surface area contributed by atoms with Gasteiger partial charge in [-0.15, -0.1) is 0 Å². The molecule has 5 nitrogen and oxygen atoms in total. The Morgan fingerprint density at radius 1 is 1.04 bits per heavy atom. The molecule has 0 saturated carbocycles. The Kier molecular flexibility index (Phi) is 6.87. The van der Waals surface area contributed by atoms with E-state index in [1.165, 1.54) is 12.1 Å². The number of nitrogens with zero attached hydrogens (tertiary/aromatic N) is 5. The molecule has 1 atom stereocenters. The van der Waals surface area contributed by atoms with E-state index in [9.17, 15) is 4.39 Å². The van der Waals surface area contributed by atoms with Gasteiger partial charge in [0.05, 0.1) is 0 Å². The molecule has 1 fully saturated rings. The Bertz CT molecular complexity index is 651. The van der Waals surface area contributed by atoms with Crippen LogP contribution in [0.1, 0.15) is 24.0 Å². The molecular weight excluding hydrogens is 420 g/mol. The average Bonchev–Trinajstić information content (AvgIpc) is 2.64. The lowest BCUT2D eigenvalue weighted by Crippen LogP contribution is -2.42. The first kappa shape index (κ1) is 18.5. The minimum absolute atomic E-state index is 0.154. The van der Waals surface area contributed by atoms with Crippen molar-refractivity contribution in [1.82, 2.24) is 13.1 Å². The van der Waals surface area contributed by atoms with Gasteiger partial charge in [-0.1, -0.05) is 19.1 Å². The number of aromatic nitrogens is 2. The molecule has 0 bridgehead atoms. The van der Waals surface area contributed by atoms with Crippen molar-refractivity contribution in [3.05, 3.63) is 53.6 Å². The molecule has 1 aromatic carbocycles. The fourth-order valence-electron chi connectivity index (χ4n) is 2.54. The molecule has 2 heterocycles. The van der Waals surface area contributed by atoms with Gasteiger partial charge in [0.1, 0.15) is 5.82 Å². The van der Waals surface area contributed by atoms with E-state index in [-0.39, 0.29) is 11.7 Å². The minimum Gasteiger partial charge on any atom is -0.338 e. The van der Waals surface area contributed by atoms with Crippen LogP contribution < -0.4 is 4.90 Å². The highest BCUT2D eigenvalue weighted by Gasteiger charge is 2.17. The van der Waals surface area contributed by atoms with E-state index in [1.54, 1.807) is 0 Å². The van der Waals surface area contributed by atoms with Crippen molar-refractivity contribution in [3.63, 3.8) is 0 Å². The predicted molar refractivity (Wildman–Crippen MR) is 100 cm³/mol. The third-order valence-corrected chi connectivity index (χ3v) is 5.00. The first-order valence-corrected chi connectivity index (χ1v) is 8.59. The Hall–Kier alpha value is -1.79. The number of rotatable bonds is 3. The van der Waals surface area contributed by atoms with E-state index in [0.29, 0.717) is 0 Å². The lowest BCUT2D eigenvalue weighted by molar-refractivity contribution is 0.456. The summed E-state index contributed by atoms with van der Waals surface area (Å²) in [6.45, 7) is 9.54. The zero-order valence-electron chi connectivity index (χ0n) is 13.4. The van der Waals surface area contributed by atoms with Crippen LogP contribution in [0.5, 0.6) is 0 Å². The number of piperazine rings is 1. The number of hydrogen-bond donors (Lipinski definition) is 0. The number of anilines is 1. The quantitative estimate of drug-likeness (QED) is 0.542. The second kappa shape index (κ2) is 8.89. The first-order valence-electron chi connectivity index (χ1n) is 7.62. The first-order chi connectivity index (χ1) is 11.6. The second-order valence-electron chi connectivity index (χ2n) is 5.49. The monoisotopic (exact) mass is 439 g/mol. The highest BCUT2D eigenvalue weighted by atomic mass is 127. The van der Waals surface area contributed by atoms with Gasteiger partial charge in [0.25, 0.3) is 0 Å². The molecular formula is C17H19FIN5. The van der Waals surface area contributed by atoms with Gasteiger partial charge in [0.2, 0.25) is 5.95 Å². The average molecular weight is 439 g/mol. The topological polar surface area (TPSA) is 56.1 Å². The van der Waals surface area contributed by atoms with Crippen molar-refractivity contribution in [2.75, 3.05) is 31.1 Å². The fraction of sp³-hybridized carbons (Fsp3) is 0.353. The number of hydrogen-bond acceptors (Lipinski definition) is 5. The Morgan fingerprint density at radius 3 is 2.12 bits per heavy atom. The summed E-state index contributed by atoms with van der Waals surface area (Å²) in [6.07, 6.45) is 3.76. The molecule has 0 N–H and O–H groups in total. The fourth-order valence-corrected chi connectivity index (χ4v) is 2.98. The highest BCUT2D eigenvalue weighted by Crippen LogP contribution is 2.24. The molecule has 126 valence electrons. The van der Waals surface area contributed by atoms with Gasteiger partial charge in [-0.05, 0) is 23.3 Å². The van der Waals surface area contributed by atoms with Gasteiger partial charge in [-0.2, -0.15) is 0 Å². The lowest BCUT2D eigenvalue weighted by Gasteiger charge is -2.31. The van der Waals surface area contributed by atoms with Crippen LogP contribution in [-0.4, -0.2) is 39.3 Å². The van der Waals surface area contributed by atoms with Gasteiger partial charge in [-0.25, -0.2) is 22.7 Å². The van der Waals surface area contributed by atoms with Crippen LogP contribution in [0, 0.1) is 17.7 Å².